The molecule has 0 saturated carbocycles. The number of hydrogen-bond acceptors (Lipinski definition) is 6. The second-order valence-corrected chi connectivity index (χ2v) is 25.7. The summed E-state index contributed by atoms with van der Waals surface area (Å²) in [6, 6.07) is 105. The molecule has 0 radical (unpaired) electrons. The van der Waals surface area contributed by atoms with Gasteiger partial charge >= 0.3 is 0 Å². The Morgan fingerprint density at radius 2 is 0.677 bits per heavy atom. The number of thiophene rings is 1. The number of nitrogens with zero attached hydrogens (tertiary/aromatic N) is 5. The third kappa shape index (κ3) is 10.6. The first kappa shape index (κ1) is 58.3. The molecule has 12 aromatic carbocycles. The molecule has 0 bridgehead atoms. The summed E-state index contributed by atoms with van der Waals surface area (Å²) in [7, 11) is 0. The zero-order valence-corrected chi connectivity index (χ0v) is 53.8. The van der Waals surface area contributed by atoms with Gasteiger partial charge in [0.1, 0.15) is 0 Å². The lowest BCUT2D eigenvalue weighted by Gasteiger charge is -2.24. The summed E-state index contributed by atoms with van der Waals surface area (Å²) in [5.74, 6) is 2.72. The van der Waals surface area contributed by atoms with Crippen LogP contribution in [0.15, 0.2) is 297 Å². The van der Waals surface area contributed by atoms with Gasteiger partial charge in [-0.25, -0.2) is 24.9 Å². The van der Waals surface area contributed by atoms with Crippen LogP contribution in [0.2, 0.25) is 0 Å². The van der Waals surface area contributed by atoms with Crippen molar-refractivity contribution in [3.05, 3.63) is 320 Å². The molecule has 6 heteroatoms. The minimum absolute atomic E-state index is 0.0789. The Kier molecular flexibility index (Phi) is 15.2. The maximum Gasteiger partial charge on any atom is 0.164 e. The normalized spacial score (nSPS) is 12.8. The number of rotatable bonds is 9. The van der Waals surface area contributed by atoms with E-state index < -0.39 is 0 Å². The number of benzene rings is 12. The molecule has 446 valence electrons. The Labute approximate surface area is 548 Å². The fraction of sp³-hybridized carbons (Fsp3) is 0.0920. The second-order valence-electron chi connectivity index (χ2n) is 24.7. The Morgan fingerprint density at radius 3 is 1.37 bits per heavy atom. The van der Waals surface area contributed by atoms with Crippen LogP contribution in [0.1, 0.15) is 63.8 Å². The van der Waals surface area contributed by atoms with Crippen LogP contribution in [0.3, 0.4) is 0 Å². The van der Waals surface area contributed by atoms with Crippen molar-refractivity contribution in [2.24, 2.45) is 0 Å². The molecule has 93 heavy (non-hydrogen) atoms. The van der Waals surface area contributed by atoms with E-state index in [1.54, 1.807) is 0 Å². The van der Waals surface area contributed by atoms with Crippen molar-refractivity contribution in [3.63, 3.8) is 0 Å². The van der Waals surface area contributed by atoms with Gasteiger partial charge in [0, 0.05) is 64.4 Å². The maximum absolute atomic E-state index is 5.33. The van der Waals surface area contributed by atoms with Crippen LogP contribution in [0.25, 0.3) is 144 Å². The summed E-state index contributed by atoms with van der Waals surface area (Å²) in [4.78, 5) is 26.4. The van der Waals surface area contributed by atoms with Crippen molar-refractivity contribution in [1.82, 2.24) is 24.9 Å². The maximum atomic E-state index is 5.33. The Morgan fingerprint density at radius 1 is 0.258 bits per heavy atom. The summed E-state index contributed by atoms with van der Waals surface area (Å²) in [5.41, 5.74) is 24.9. The Bertz CT molecular complexity index is 5230. The van der Waals surface area contributed by atoms with E-state index in [1.165, 1.54) is 64.7 Å². The molecular weight excluding hydrogens is 1150 g/mol. The third-order valence-electron chi connectivity index (χ3n) is 18.4. The van der Waals surface area contributed by atoms with Crippen LogP contribution in [0.5, 0.6) is 0 Å². The van der Waals surface area contributed by atoms with E-state index in [4.69, 9.17) is 24.9 Å². The average molecular weight is 1210 g/mol. The lowest BCUT2D eigenvalue weighted by Crippen LogP contribution is -2.17. The highest BCUT2D eigenvalue weighted by atomic mass is 32.1. The van der Waals surface area contributed by atoms with Gasteiger partial charge in [0.25, 0.3) is 0 Å². The van der Waals surface area contributed by atoms with E-state index >= 15 is 0 Å². The smallest absolute Gasteiger partial charge is 0.164 e. The predicted molar refractivity (Wildman–Crippen MR) is 390 cm³/mol. The van der Waals surface area contributed by atoms with E-state index in [2.05, 4.69) is 313 Å². The minimum atomic E-state index is -0.226. The molecule has 0 amide bonds. The van der Waals surface area contributed by atoms with Crippen LogP contribution in [0, 0.1) is 0 Å². The van der Waals surface area contributed by atoms with Gasteiger partial charge in [0.05, 0.1) is 11.4 Å². The minimum Gasteiger partial charge on any atom is -0.228 e. The van der Waals surface area contributed by atoms with E-state index in [0.29, 0.717) is 17.5 Å². The molecular formula is C87H67N5S. The quantitative estimate of drug-likeness (QED) is 0.144. The summed E-state index contributed by atoms with van der Waals surface area (Å²) < 4.78 is 2.55. The molecule has 17 rings (SSSR count). The molecule has 0 spiro atoms. The zero-order chi connectivity index (χ0) is 63.2. The van der Waals surface area contributed by atoms with Crippen LogP contribution >= 0.6 is 11.3 Å². The van der Waals surface area contributed by atoms with E-state index in [9.17, 15) is 0 Å². The van der Waals surface area contributed by atoms with E-state index in [-0.39, 0.29) is 10.8 Å². The van der Waals surface area contributed by atoms with Gasteiger partial charge in [0.15, 0.2) is 23.3 Å². The molecule has 0 aliphatic heterocycles. The lowest BCUT2D eigenvalue weighted by molar-refractivity contribution is 0.660. The topological polar surface area (TPSA) is 64.5 Å². The Balaban J connectivity index is 0.000000154. The summed E-state index contributed by atoms with van der Waals surface area (Å²) in [5, 5.41) is 2.57. The Hall–Kier alpha value is -11.1. The molecule has 3 aromatic heterocycles. The van der Waals surface area contributed by atoms with Crippen molar-refractivity contribution in [2.75, 3.05) is 0 Å². The summed E-state index contributed by atoms with van der Waals surface area (Å²) >= 11 is 1.84. The molecule has 5 nitrogen and oxygen atoms in total. The van der Waals surface area contributed by atoms with Gasteiger partial charge in [0.2, 0.25) is 0 Å². The largest absolute Gasteiger partial charge is 0.228 e. The zero-order valence-electron chi connectivity index (χ0n) is 52.9. The average Bonchev–Trinajstić information content (AvgIpc) is 1.60. The predicted octanol–water partition coefficient (Wildman–Crippen LogP) is 23.4. The number of fused-ring (bicyclic) bond motifs is 9. The van der Waals surface area contributed by atoms with E-state index in [1.807, 2.05) is 37.3 Å². The summed E-state index contributed by atoms with van der Waals surface area (Å²) in [6.45, 7) is 13.2. The summed E-state index contributed by atoms with van der Waals surface area (Å²) in [6.07, 6.45) is 0. The van der Waals surface area contributed by atoms with Crippen LogP contribution in [-0.4, -0.2) is 24.9 Å². The van der Waals surface area contributed by atoms with Gasteiger partial charge in [-0.1, -0.05) is 302 Å². The van der Waals surface area contributed by atoms with Crippen molar-refractivity contribution in [1.29, 1.82) is 0 Å². The van der Waals surface area contributed by atoms with Gasteiger partial charge in [-0.05, 0) is 114 Å². The first-order chi connectivity index (χ1) is 45.6. The van der Waals surface area contributed by atoms with Crippen LogP contribution < -0.4 is 0 Å². The van der Waals surface area contributed by atoms with Crippen molar-refractivity contribution in [2.45, 2.75) is 52.4 Å². The highest BCUT2D eigenvalue weighted by molar-refractivity contribution is 7.26. The van der Waals surface area contributed by atoms with Crippen molar-refractivity contribution in [3.8, 4) is 124 Å². The lowest BCUT2D eigenvalue weighted by atomic mass is 9.80. The standard InChI is InChI=1S/C48H35N3.C37H26N2S.C2H6/c1-48(2)43-27-13-12-24-40(43)41-25-15-26-42(44(41)48)47-50-45(36-23-14-22-35(28-36)32-16-6-3-7-17-32)49-46(51-47)39-30-37(33-18-8-4-9-19-33)29-38(31-39)34-20-10-5-11-21-34;1-37(2)29-19-8-6-15-26(29)34-28(18-11-20-30(34)37)36-38-31(23-12-4-3-5-13-23)22-32(39-36)27-17-10-16-25-24-14-7-9-21-33(24)40-35(25)27;1-2/h3-31H,1-2H3;3-22H,1-2H3;1-2H3. The SMILES string of the molecule is CC.CC1(C)c2ccccc2-c2c(-c3nc(-c4ccccc4)cc(-c4cccc5c4sc4ccccc45)n3)cccc21.CC1(C)c2ccccc2-c2cccc(-c3nc(-c4cccc(-c5ccccc5)c4)nc(-c4cc(-c5ccccc5)cc(-c5ccccc5)c4)n3)c21. The first-order valence-electron chi connectivity index (χ1n) is 32.1. The fourth-order valence-electron chi connectivity index (χ4n) is 14.0. The molecule has 15 aromatic rings. The van der Waals surface area contributed by atoms with Crippen molar-refractivity contribution < 1.29 is 0 Å². The molecule has 3 heterocycles. The fourth-order valence-corrected chi connectivity index (χ4v) is 15.2. The monoisotopic (exact) mass is 1210 g/mol. The molecule has 2 aliphatic carbocycles. The highest BCUT2D eigenvalue weighted by Crippen LogP contribution is 2.54. The van der Waals surface area contributed by atoms with Gasteiger partial charge in [-0.15, -0.1) is 11.3 Å². The number of aromatic nitrogens is 5. The van der Waals surface area contributed by atoms with Crippen LogP contribution in [-0.2, 0) is 10.8 Å². The van der Waals surface area contributed by atoms with Gasteiger partial charge in [-0.2, -0.15) is 0 Å². The van der Waals surface area contributed by atoms with Crippen molar-refractivity contribution >= 4 is 31.5 Å². The van der Waals surface area contributed by atoms with Gasteiger partial charge in [-0.3, -0.25) is 0 Å². The third-order valence-corrected chi connectivity index (χ3v) is 19.6. The van der Waals surface area contributed by atoms with Crippen LogP contribution in [0.4, 0.5) is 0 Å². The molecule has 2 aliphatic rings. The molecule has 0 fully saturated rings. The molecule has 0 unspecified atom stereocenters. The highest BCUT2D eigenvalue weighted by Gasteiger charge is 2.39. The second kappa shape index (κ2) is 24.3. The van der Waals surface area contributed by atoms with Gasteiger partial charge < -0.3 is 0 Å². The molecule has 0 N–H and O–H groups in total. The van der Waals surface area contributed by atoms with E-state index in [0.717, 1.165) is 84.0 Å². The number of hydrogen-bond donors (Lipinski definition) is 0. The molecule has 0 atom stereocenters. The first-order valence-corrected chi connectivity index (χ1v) is 32.9. The molecule has 0 saturated heterocycles.